The summed E-state index contributed by atoms with van der Waals surface area (Å²) in [6.45, 7) is 4.52. The van der Waals surface area contributed by atoms with E-state index in [4.69, 9.17) is 0 Å². The lowest BCUT2D eigenvalue weighted by Gasteiger charge is -2.36. The highest BCUT2D eigenvalue weighted by Gasteiger charge is 2.40. The van der Waals surface area contributed by atoms with Crippen LogP contribution in [-0.4, -0.2) is 11.6 Å². The number of carbonyl (C=O) groups excluding carboxylic acids is 2. The average Bonchev–Trinajstić information content (AvgIpc) is 2.81. The minimum absolute atomic E-state index is 0.0849. The van der Waals surface area contributed by atoms with E-state index >= 15 is 0 Å². The van der Waals surface area contributed by atoms with E-state index in [0.717, 1.165) is 37.2 Å². The standard InChI is InChI=1S/C30H46O2/c1-3-5-6-7-9-13-24-18-21-27(28(31)22-24)30(32)29(25-14-10-8-11-15-25)26-19-16-23(12-4-2)17-20-26/h8,10-11,14-15,23-24,26-27,29H,3-7,9,12-13,16-22H2,1-2H3. The van der Waals surface area contributed by atoms with Gasteiger partial charge in [0.2, 0.25) is 0 Å². The van der Waals surface area contributed by atoms with Gasteiger partial charge in [-0.15, -0.1) is 0 Å². The molecule has 3 atom stereocenters. The molecule has 2 aliphatic rings. The Balaban J connectivity index is 1.61. The Bertz CT molecular complexity index is 686. The summed E-state index contributed by atoms with van der Waals surface area (Å²) in [5.41, 5.74) is 1.14. The second-order valence-corrected chi connectivity index (χ2v) is 10.7. The minimum atomic E-state index is -0.357. The number of hydrogen-bond donors (Lipinski definition) is 0. The van der Waals surface area contributed by atoms with Gasteiger partial charge in [-0.3, -0.25) is 9.59 Å². The van der Waals surface area contributed by atoms with Gasteiger partial charge in [0.05, 0.1) is 5.92 Å². The van der Waals surface area contributed by atoms with E-state index in [1.165, 1.54) is 64.2 Å². The molecular weight excluding hydrogens is 392 g/mol. The van der Waals surface area contributed by atoms with Gasteiger partial charge in [-0.25, -0.2) is 0 Å². The third kappa shape index (κ3) is 7.03. The van der Waals surface area contributed by atoms with Crippen molar-refractivity contribution in [2.24, 2.45) is 23.7 Å². The SMILES string of the molecule is CCCCCCCC1CCC(C(=O)C(c2ccccc2)C2CCC(CCC)CC2)C(=O)C1. The highest BCUT2D eigenvalue weighted by molar-refractivity contribution is 6.05. The van der Waals surface area contributed by atoms with Gasteiger partial charge in [-0.2, -0.15) is 0 Å². The third-order valence-corrected chi connectivity index (χ3v) is 8.33. The maximum atomic E-state index is 13.8. The Labute approximate surface area is 197 Å². The Morgan fingerprint density at radius 1 is 0.812 bits per heavy atom. The summed E-state index contributed by atoms with van der Waals surface area (Å²) in [6.07, 6.45) is 17.4. The van der Waals surface area contributed by atoms with E-state index in [0.29, 0.717) is 18.3 Å². The fraction of sp³-hybridized carbons (Fsp3) is 0.733. The normalized spacial score (nSPS) is 27.2. The molecule has 1 aromatic carbocycles. The molecule has 2 nitrogen and oxygen atoms in total. The molecule has 0 aliphatic heterocycles. The number of carbonyl (C=O) groups is 2. The lowest BCUT2D eigenvalue weighted by Crippen LogP contribution is -2.37. The zero-order valence-electron chi connectivity index (χ0n) is 20.7. The van der Waals surface area contributed by atoms with Gasteiger partial charge in [0.15, 0.2) is 5.78 Å². The Kier molecular flexibility index (Phi) is 10.5. The van der Waals surface area contributed by atoms with Gasteiger partial charge in [-0.05, 0) is 49.0 Å². The number of benzene rings is 1. The smallest absolute Gasteiger partial charge is 0.151 e. The molecule has 1 aromatic rings. The fourth-order valence-electron chi connectivity index (χ4n) is 6.44. The summed E-state index contributed by atoms with van der Waals surface area (Å²) in [4.78, 5) is 27.0. The minimum Gasteiger partial charge on any atom is -0.299 e. The molecule has 2 aliphatic carbocycles. The van der Waals surface area contributed by atoms with Gasteiger partial charge >= 0.3 is 0 Å². The Morgan fingerprint density at radius 3 is 2.16 bits per heavy atom. The first kappa shape index (κ1) is 25.2. The third-order valence-electron chi connectivity index (χ3n) is 8.33. The lowest BCUT2D eigenvalue weighted by molar-refractivity contribution is -0.137. The van der Waals surface area contributed by atoms with Crippen LogP contribution in [0.4, 0.5) is 0 Å². The quantitative estimate of drug-likeness (QED) is 0.243. The summed E-state index contributed by atoms with van der Waals surface area (Å²) in [5.74, 6) is 1.78. The molecule has 0 N–H and O–H groups in total. The molecule has 178 valence electrons. The summed E-state index contributed by atoms with van der Waals surface area (Å²) in [6, 6.07) is 10.4. The molecule has 0 saturated heterocycles. The van der Waals surface area contributed by atoms with E-state index in [2.05, 4.69) is 38.1 Å². The molecule has 3 rings (SSSR count). The molecule has 0 aromatic heterocycles. The van der Waals surface area contributed by atoms with Gasteiger partial charge in [0.1, 0.15) is 5.78 Å². The van der Waals surface area contributed by atoms with Crippen molar-refractivity contribution in [3.05, 3.63) is 35.9 Å². The van der Waals surface area contributed by atoms with Crippen LogP contribution in [-0.2, 0) is 9.59 Å². The molecule has 0 bridgehead atoms. The van der Waals surface area contributed by atoms with Crippen molar-refractivity contribution >= 4 is 11.6 Å². The number of hydrogen-bond acceptors (Lipinski definition) is 2. The summed E-state index contributed by atoms with van der Waals surface area (Å²) in [7, 11) is 0. The van der Waals surface area contributed by atoms with E-state index in [-0.39, 0.29) is 23.4 Å². The van der Waals surface area contributed by atoms with Gasteiger partial charge in [-0.1, -0.05) is 108 Å². The molecule has 3 unspecified atom stereocenters. The summed E-state index contributed by atoms with van der Waals surface area (Å²) < 4.78 is 0. The molecule has 2 fully saturated rings. The van der Waals surface area contributed by atoms with Crippen molar-refractivity contribution in [3.8, 4) is 0 Å². The topological polar surface area (TPSA) is 34.1 Å². The second kappa shape index (κ2) is 13.3. The largest absolute Gasteiger partial charge is 0.299 e. The predicted octanol–water partition coefficient (Wildman–Crippen LogP) is 8.29. The van der Waals surface area contributed by atoms with Gasteiger partial charge < -0.3 is 0 Å². The van der Waals surface area contributed by atoms with Crippen molar-refractivity contribution in [1.29, 1.82) is 0 Å². The molecule has 0 spiro atoms. The molecular formula is C30H46O2. The zero-order valence-corrected chi connectivity index (χ0v) is 20.7. The van der Waals surface area contributed by atoms with Crippen molar-refractivity contribution in [2.75, 3.05) is 0 Å². The second-order valence-electron chi connectivity index (χ2n) is 10.7. The molecule has 2 heteroatoms. The number of Topliss-reactive ketones (excluding diaryl/α,β-unsaturated/α-hetero) is 2. The number of unbranched alkanes of at least 4 members (excludes halogenated alkanes) is 4. The first-order valence-corrected chi connectivity index (χ1v) is 13.7. The Hall–Kier alpha value is -1.44. The van der Waals surface area contributed by atoms with Crippen molar-refractivity contribution in [3.63, 3.8) is 0 Å². The predicted molar refractivity (Wildman–Crippen MR) is 134 cm³/mol. The van der Waals surface area contributed by atoms with Crippen LogP contribution in [0.5, 0.6) is 0 Å². The van der Waals surface area contributed by atoms with Crippen LogP contribution in [0.3, 0.4) is 0 Å². The van der Waals surface area contributed by atoms with Crippen LogP contribution < -0.4 is 0 Å². The maximum absolute atomic E-state index is 13.8. The number of ketones is 2. The van der Waals surface area contributed by atoms with Crippen LogP contribution in [0.25, 0.3) is 0 Å². The summed E-state index contributed by atoms with van der Waals surface area (Å²) >= 11 is 0. The van der Waals surface area contributed by atoms with Gasteiger partial charge in [0, 0.05) is 12.3 Å². The highest BCUT2D eigenvalue weighted by atomic mass is 16.2. The van der Waals surface area contributed by atoms with Crippen molar-refractivity contribution < 1.29 is 9.59 Å². The van der Waals surface area contributed by atoms with E-state index < -0.39 is 0 Å². The molecule has 2 saturated carbocycles. The molecule has 0 radical (unpaired) electrons. The van der Waals surface area contributed by atoms with Crippen LogP contribution in [0.2, 0.25) is 0 Å². The molecule has 0 amide bonds. The average molecular weight is 439 g/mol. The Morgan fingerprint density at radius 2 is 1.50 bits per heavy atom. The maximum Gasteiger partial charge on any atom is 0.151 e. The van der Waals surface area contributed by atoms with Crippen LogP contribution in [0.15, 0.2) is 30.3 Å². The van der Waals surface area contributed by atoms with E-state index in [1.807, 2.05) is 6.07 Å². The van der Waals surface area contributed by atoms with Crippen molar-refractivity contribution in [1.82, 2.24) is 0 Å². The lowest BCUT2D eigenvalue weighted by atomic mass is 9.67. The van der Waals surface area contributed by atoms with Gasteiger partial charge in [0.25, 0.3) is 0 Å². The zero-order chi connectivity index (χ0) is 22.8. The number of rotatable bonds is 12. The first-order chi connectivity index (χ1) is 15.6. The first-order valence-electron chi connectivity index (χ1n) is 13.7. The fourth-order valence-corrected chi connectivity index (χ4v) is 6.44. The van der Waals surface area contributed by atoms with E-state index in [1.54, 1.807) is 0 Å². The van der Waals surface area contributed by atoms with Crippen LogP contribution in [0, 0.1) is 23.7 Å². The highest BCUT2D eigenvalue weighted by Crippen LogP contribution is 2.43. The summed E-state index contributed by atoms with van der Waals surface area (Å²) in [5, 5.41) is 0. The van der Waals surface area contributed by atoms with Crippen LogP contribution in [0.1, 0.15) is 122 Å². The van der Waals surface area contributed by atoms with Crippen LogP contribution >= 0.6 is 0 Å². The monoisotopic (exact) mass is 438 g/mol. The molecule has 32 heavy (non-hydrogen) atoms. The van der Waals surface area contributed by atoms with Crippen molar-refractivity contribution in [2.45, 2.75) is 116 Å². The molecule has 0 heterocycles. The van der Waals surface area contributed by atoms with E-state index in [9.17, 15) is 9.59 Å².